The molecule has 0 saturated carbocycles. The van der Waals surface area contributed by atoms with Crippen LogP contribution in [0.2, 0.25) is 0 Å². The zero-order valence-electron chi connectivity index (χ0n) is 14.6. The van der Waals surface area contributed by atoms with E-state index >= 15 is 0 Å². The smallest absolute Gasteiger partial charge is 0.0345 e. The van der Waals surface area contributed by atoms with E-state index in [4.69, 9.17) is 0 Å². The molecule has 2 heteroatoms. The Morgan fingerprint density at radius 1 is 0.538 bits per heavy atom. The number of thiophene rings is 2. The van der Waals surface area contributed by atoms with Crippen LogP contribution < -0.4 is 0 Å². The predicted molar refractivity (Wildman–Crippen MR) is 114 cm³/mol. The summed E-state index contributed by atoms with van der Waals surface area (Å²) in [5.41, 5.74) is 8.70. The SMILES string of the molecule is c1csc(-c2cc3ccc2CCc2ccc(c(-c4cccs4)c2)CC3)c1. The van der Waals surface area contributed by atoms with E-state index in [0.717, 1.165) is 25.7 Å². The van der Waals surface area contributed by atoms with Crippen LogP contribution >= 0.6 is 22.7 Å². The lowest BCUT2D eigenvalue weighted by Gasteiger charge is -2.16. The van der Waals surface area contributed by atoms with Crippen molar-refractivity contribution in [1.82, 2.24) is 0 Å². The zero-order chi connectivity index (χ0) is 17.3. The summed E-state index contributed by atoms with van der Waals surface area (Å²) in [6.07, 6.45) is 4.38. The minimum absolute atomic E-state index is 1.09. The molecule has 0 N–H and O–H groups in total. The van der Waals surface area contributed by atoms with Crippen molar-refractivity contribution >= 4 is 22.7 Å². The van der Waals surface area contributed by atoms with Gasteiger partial charge in [-0.25, -0.2) is 0 Å². The summed E-state index contributed by atoms with van der Waals surface area (Å²) in [5, 5.41) is 4.36. The summed E-state index contributed by atoms with van der Waals surface area (Å²) in [6, 6.07) is 23.1. The van der Waals surface area contributed by atoms with E-state index in [1.54, 1.807) is 0 Å². The highest BCUT2D eigenvalue weighted by atomic mass is 32.1. The van der Waals surface area contributed by atoms with Gasteiger partial charge >= 0.3 is 0 Å². The van der Waals surface area contributed by atoms with Crippen LogP contribution in [0.3, 0.4) is 0 Å². The highest BCUT2D eigenvalue weighted by Crippen LogP contribution is 2.34. The molecule has 0 spiro atoms. The normalized spacial score (nSPS) is 13.5. The Morgan fingerprint density at radius 3 is 1.46 bits per heavy atom. The van der Waals surface area contributed by atoms with Crippen LogP contribution in [0.15, 0.2) is 71.4 Å². The molecule has 0 aliphatic heterocycles. The van der Waals surface area contributed by atoms with Crippen molar-refractivity contribution in [2.24, 2.45) is 0 Å². The van der Waals surface area contributed by atoms with Gasteiger partial charge in [0, 0.05) is 9.75 Å². The first kappa shape index (κ1) is 16.0. The lowest BCUT2D eigenvalue weighted by atomic mass is 9.90. The van der Waals surface area contributed by atoms with Crippen LogP contribution in [0, 0.1) is 0 Å². The molecule has 0 amide bonds. The van der Waals surface area contributed by atoms with Gasteiger partial charge < -0.3 is 0 Å². The third kappa shape index (κ3) is 3.04. The molecule has 4 bridgehead atoms. The number of aryl methyl sites for hydroxylation is 4. The average molecular weight is 373 g/mol. The molecular weight excluding hydrogens is 352 g/mol. The van der Waals surface area contributed by atoms with Crippen molar-refractivity contribution < 1.29 is 0 Å². The molecule has 26 heavy (non-hydrogen) atoms. The molecule has 0 atom stereocenters. The molecule has 0 saturated heterocycles. The maximum Gasteiger partial charge on any atom is 0.0345 e. The van der Waals surface area contributed by atoms with Crippen LogP contribution in [0.1, 0.15) is 22.3 Å². The van der Waals surface area contributed by atoms with E-state index in [2.05, 4.69) is 71.4 Å². The van der Waals surface area contributed by atoms with Crippen LogP contribution in [0.4, 0.5) is 0 Å². The van der Waals surface area contributed by atoms with E-state index in [0.29, 0.717) is 0 Å². The Kier molecular flexibility index (Phi) is 4.24. The fraction of sp³-hybridized carbons (Fsp3) is 0.167. The third-order valence-corrected chi connectivity index (χ3v) is 7.09. The molecule has 4 aromatic rings. The largest absolute Gasteiger partial charge is 0.144 e. The van der Waals surface area contributed by atoms with E-state index in [-0.39, 0.29) is 0 Å². The van der Waals surface area contributed by atoms with E-state index in [9.17, 15) is 0 Å². The summed E-state index contributed by atoms with van der Waals surface area (Å²) < 4.78 is 0. The van der Waals surface area contributed by atoms with Crippen LogP contribution in [-0.4, -0.2) is 0 Å². The standard InChI is InChI=1S/C24H20S2/c1-3-23(25-13-1)21-15-17-5-9-19(21)11-7-18-6-10-20(12-8-17)22(16-18)24-4-2-14-26-24/h1-6,9-10,13-16H,7-8,11-12H2. The monoisotopic (exact) mass is 372 g/mol. The van der Waals surface area contributed by atoms with Crippen LogP contribution in [0.25, 0.3) is 20.9 Å². The van der Waals surface area contributed by atoms with Gasteiger partial charge in [-0.3, -0.25) is 0 Å². The van der Waals surface area contributed by atoms with Gasteiger partial charge in [-0.05, 0) is 82.0 Å². The van der Waals surface area contributed by atoms with Crippen molar-refractivity contribution in [1.29, 1.82) is 0 Å². The van der Waals surface area contributed by atoms with Crippen molar-refractivity contribution in [3.8, 4) is 20.9 Å². The molecule has 8 rings (SSSR count). The first-order valence-electron chi connectivity index (χ1n) is 9.18. The zero-order valence-corrected chi connectivity index (χ0v) is 16.2. The Morgan fingerprint density at radius 2 is 1.04 bits per heavy atom. The lowest BCUT2D eigenvalue weighted by Crippen LogP contribution is -2.01. The molecule has 0 nitrogen and oxygen atoms in total. The average Bonchev–Trinajstić information content (AvgIpc) is 3.37. The Hall–Kier alpha value is -2.16. The number of hydrogen-bond donors (Lipinski definition) is 0. The second-order valence-electron chi connectivity index (χ2n) is 6.94. The second kappa shape index (κ2) is 6.86. The predicted octanol–water partition coefficient (Wildman–Crippen LogP) is 7.03. The van der Waals surface area contributed by atoms with Gasteiger partial charge in [0.25, 0.3) is 0 Å². The molecule has 2 aromatic carbocycles. The van der Waals surface area contributed by atoms with E-state index in [1.165, 1.54) is 43.1 Å². The van der Waals surface area contributed by atoms with Crippen molar-refractivity contribution in [3.05, 3.63) is 93.7 Å². The fourth-order valence-electron chi connectivity index (χ4n) is 3.87. The highest BCUT2D eigenvalue weighted by Gasteiger charge is 2.13. The van der Waals surface area contributed by atoms with Gasteiger partial charge in [0.15, 0.2) is 0 Å². The van der Waals surface area contributed by atoms with Crippen LogP contribution in [0.5, 0.6) is 0 Å². The Bertz CT molecular complexity index is 939. The third-order valence-electron chi connectivity index (χ3n) is 5.29. The van der Waals surface area contributed by atoms with Gasteiger partial charge in [-0.15, -0.1) is 22.7 Å². The summed E-state index contributed by atoms with van der Waals surface area (Å²) in [4.78, 5) is 2.79. The maximum absolute atomic E-state index is 2.43. The van der Waals surface area contributed by atoms with Gasteiger partial charge in [-0.2, -0.15) is 0 Å². The molecule has 128 valence electrons. The lowest BCUT2D eigenvalue weighted by molar-refractivity contribution is 0.926. The fourth-order valence-corrected chi connectivity index (χ4v) is 5.43. The molecule has 2 aromatic heterocycles. The van der Waals surface area contributed by atoms with Crippen molar-refractivity contribution in [2.75, 3.05) is 0 Å². The molecular formula is C24H20S2. The first-order valence-corrected chi connectivity index (χ1v) is 10.9. The van der Waals surface area contributed by atoms with E-state index in [1.807, 2.05) is 22.7 Å². The highest BCUT2D eigenvalue weighted by molar-refractivity contribution is 7.13. The minimum Gasteiger partial charge on any atom is -0.144 e. The molecule has 0 unspecified atom stereocenters. The second-order valence-corrected chi connectivity index (χ2v) is 8.83. The number of benzene rings is 2. The van der Waals surface area contributed by atoms with Crippen molar-refractivity contribution in [2.45, 2.75) is 25.7 Å². The van der Waals surface area contributed by atoms with Gasteiger partial charge in [0.1, 0.15) is 0 Å². The molecule has 4 aliphatic carbocycles. The Labute approximate surface area is 162 Å². The maximum atomic E-state index is 2.43. The summed E-state index contributed by atoms with van der Waals surface area (Å²) in [7, 11) is 0. The van der Waals surface area contributed by atoms with Crippen molar-refractivity contribution in [3.63, 3.8) is 0 Å². The van der Waals surface area contributed by atoms with Gasteiger partial charge in [0.2, 0.25) is 0 Å². The van der Waals surface area contributed by atoms with Gasteiger partial charge in [-0.1, -0.05) is 48.5 Å². The molecule has 4 aliphatic rings. The number of hydrogen-bond acceptors (Lipinski definition) is 2. The van der Waals surface area contributed by atoms with Gasteiger partial charge in [0.05, 0.1) is 0 Å². The molecule has 0 radical (unpaired) electrons. The first-order chi connectivity index (χ1) is 12.9. The summed E-state index contributed by atoms with van der Waals surface area (Å²) in [5.74, 6) is 0. The number of rotatable bonds is 2. The minimum atomic E-state index is 1.09. The van der Waals surface area contributed by atoms with E-state index < -0.39 is 0 Å². The van der Waals surface area contributed by atoms with Crippen LogP contribution in [-0.2, 0) is 25.7 Å². The quantitative estimate of drug-likeness (QED) is 0.354. The Balaban J connectivity index is 1.58. The molecule has 2 heterocycles. The molecule has 0 fully saturated rings. The summed E-state index contributed by atoms with van der Waals surface area (Å²) in [6.45, 7) is 0. The topological polar surface area (TPSA) is 0 Å². The summed E-state index contributed by atoms with van der Waals surface area (Å²) >= 11 is 3.70.